The van der Waals surface area contributed by atoms with Crippen LogP contribution < -0.4 is 10.2 Å². The molecule has 1 saturated heterocycles. The maximum atomic E-state index is 13.2. The third-order valence-electron chi connectivity index (χ3n) is 3.74. The molecule has 1 fully saturated rings. The number of aromatic nitrogens is 2. The fourth-order valence-electron chi connectivity index (χ4n) is 2.54. The van der Waals surface area contributed by atoms with E-state index in [1.54, 1.807) is 6.07 Å². The standard InChI is InChI=1S/C16H16F2N4O/c17-12-5-4-11(8-13(12)18)21-16(23)14-9-15(20-10-19-14)22-6-2-1-3-7-22/h4-5,8-10H,1-3,6-7H2,(H,21,23). The highest BCUT2D eigenvalue weighted by Crippen LogP contribution is 2.18. The Morgan fingerprint density at radius 3 is 2.57 bits per heavy atom. The Morgan fingerprint density at radius 2 is 1.83 bits per heavy atom. The van der Waals surface area contributed by atoms with Crippen molar-refractivity contribution in [2.45, 2.75) is 19.3 Å². The molecule has 5 nitrogen and oxygen atoms in total. The summed E-state index contributed by atoms with van der Waals surface area (Å²) >= 11 is 0. The lowest BCUT2D eigenvalue weighted by atomic mass is 10.1. The first-order chi connectivity index (χ1) is 11.1. The predicted molar refractivity (Wildman–Crippen MR) is 82.4 cm³/mol. The maximum Gasteiger partial charge on any atom is 0.274 e. The molecule has 2 heterocycles. The molecule has 1 amide bonds. The van der Waals surface area contributed by atoms with E-state index >= 15 is 0 Å². The molecule has 23 heavy (non-hydrogen) atoms. The zero-order chi connectivity index (χ0) is 16.2. The topological polar surface area (TPSA) is 58.1 Å². The first-order valence-corrected chi connectivity index (χ1v) is 7.47. The highest BCUT2D eigenvalue weighted by Gasteiger charge is 2.15. The van der Waals surface area contributed by atoms with Crippen molar-refractivity contribution in [2.75, 3.05) is 23.3 Å². The fraction of sp³-hybridized carbons (Fsp3) is 0.312. The van der Waals surface area contributed by atoms with Crippen LogP contribution in [0.2, 0.25) is 0 Å². The average Bonchev–Trinajstić information content (AvgIpc) is 2.59. The normalized spacial score (nSPS) is 14.6. The molecule has 2 aromatic rings. The van der Waals surface area contributed by atoms with Crippen LogP contribution in [0.15, 0.2) is 30.6 Å². The maximum absolute atomic E-state index is 13.2. The van der Waals surface area contributed by atoms with Gasteiger partial charge in [0.1, 0.15) is 17.8 Å². The highest BCUT2D eigenvalue weighted by molar-refractivity contribution is 6.03. The van der Waals surface area contributed by atoms with E-state index in [1.165, 1.54) is 18.8 Å². The lowest BCUT2D eigenvalue weighted by molar-refractivity contribution is 0.102. The number of nitrogens with zero attached hydrogens (tertiary/aromatic N) is 3. The Morgan fingerprint density at radius 1 is 1.04 bits per heavy atom. The first kappa shape index (κ1) is 15.3. The number of hydrogen-bond donors (Lipinski definition) is 1. The molecular weight excluding hydrogens is 302 g/mol. The van der Waals surface area contributed by atoms with Crippen molar-refractivity contribution >= 4 is 17.4 Å². The Balaban J connectivity index is 1.75. The molecule has 1 aliphatic heterocycles. The second kappa shape index (κ2) is 6.68. The minimum atomic E-state index is -1.01. The second-order valence-corrected chi connectivity index (χ2v) is 5.39. The van der Waals surface area contributed by atoms with Crippen molar-refractivity contribution in [3.05, 3.63) is 47.9 Å². The molecule has 0 spiro atoms. The lowest BCUT2D eigenvalue weighted by Gasteiger charge is -2.27. The van der Waals surface area contributed by atoms with Gasteiger partial charge in [0, 0.05) is 30.9 Å². The van der Waals surface area contributed by atoms with Crippen LogP contribution in [0.25, 0.3) is 0 Å². The summed E-state index contributed by atoms with van der Waals surface area (Å²) in [5.74, 6) is -1.76. The van der Waals surface area contributed by atoms with Crippen LogP contribution in [0.5, 0.6) is 0 Å². The number of anilines is 2. The van der Waals surface area contributed by atoms with Gasteiger partial charge in [0.15, 0.2) is 11.6 Å². The van der Waals surface area contributed by atoms with Crippen LogP contribution in [-0.4, -0.2) is 29.0 Å². The van der Waals surface area contributed by atoms with Crippen molar-refractivity contribution < 1.29 is 13.6 Å². The van der Waals surface area contributed by atoms with E-state index in [4.69, 9.17) is 0 Å². The Bertz CT molecular complexity index is 717. The van der Waals surface area contributed by atoms with Crippen LogP contribution >= 0.6 is 0 Å². The molecule has 7 heteroatoms. The molecule has 1 aromatic heterocycles. The number of piperidine rings is 1. The smallest absolute Gasteiger partial charge is 0.274 e. The highest BCUT2D eigenvalue weighted by atomic mass is 19.2. The Kier molecular flexibility index (Phi) is 4.45. The van der Waals surface area contributed by atoms with Gasteiger partial charge < -0.3 is 10.2 Å². The number of halogens is 2. The van der Waals surface area contributed by atoms with Crippen molar-refractivity contribution in [1.82, 2.24) is 9.97 Å². The molecule has 0 bridgehead atoms. The van der Waals surface area contributed by atoms with Gasteiger partial charge >= 0.3 is 0 Å². The van der Waals surface area contributed by atoms with Crippen LogP contribution in [0.4, 0.5) is 20.3 Å². The van der Waals surface area contributed by atoms with Gasteiger partial charge in [-0.15, -0.1) is 0 Å². The van der Waals surface area contributed by atoms with Gasteiger partial charge in [-0.1, -0.05) is 0 Å². The van der Waals surface area contributed by atoms with Gasteiger partial charge in [-0.3, -0.25) is 4.79 Å². The van der Waals surface area contributed by atoms with E-state index in [0.29, 0.717) is 5.82 Å². The molecule has 0 unspecified atom stereocenters. The summed E-state index contributed by atoms with van der Waals surface area (Å²) in [6, 6.07) is 4.80. The van der Waals surface area contributed by atoms with Crippen LogP contribution in [0.3, 0.4) is 0 Å². The molecule has 1 aliphatic rings. The summed E-state index contributed by atoms with van der Waals surface area (Å²) in [6.07, 6.45) is 4.73. The summed E-state index contributed by atoms with van der Waals surface area (Å²) in [5, 5.41) is 2.50. The zero-order valence-corrected chi connectivity index (χ0v) is 12.4. The molecule has 0 radical (unpaired) electrons. The summed E-state index contributed by atoms with van der Waals surface area (Å²) in [4.78, 5) is 22.5. The summed E-state index contributed by atoms with van der Waals surface area (Å²) in [5.41, 5.74) is 0.359. The number of hydrogen-bond acceptors (Lipinski definition) is 4. The predicted octanol–water partition coefficient (Wildman–Crippen LogP) is 3.00. The summed E-state index contributed by atoms with van der Waals surface area (Å²) in [6.45, 7) is 1.81. The van der Waals surface area contributed by atoms with Gasteiger partial charge in [0.05, 0.1) is 0 Å². The van der Waals surface area contributed by atoms with Crippen molar-refractivity contribution in [3.8, 4) is 0 Å². The average molecular weight is 318 g/mol. The molecule has 0 atom stereocenters. The van der Waals surface area contributed by atoms with Crippen LogP contribution in [0, 0.1) is 11.6 Å². The van der Waals surface area contributed by atoms with E-state index in [-0.39, 0.29) is 11.4 Å². The number of amides is 1. The molecular formula is C16H16F2N4O. The van der Waals surface area contributed by atoms with Crippen molar-refractivity contribution in [2.24, 2.45) is 0 Å². The number of carbonyl (C=O) groups excluding carboxylic acids is 1. The second-order valence-electron chi connectivity index (χ2n) is 5.39. The van der Waals surface area contributed by atoms with Gasteiger partial charge in [0.25, 0.3) is 5.91 Å². The van der Waals surface area contributed by atoms with E-state index in [0.717, 1.165) is 38.1 Å². The summed E-state index contributed by atoms with van der Waals surface area (Å²) < 4.78 is 26.1. The SMILES string of the molecule is O=C(Nc1ccc(F)c(F)c1)c1cc(N2CCCCC2)ncn1. The molecule has 120 valence electrons. The van der Waals surface area contributed by atoms with E-state index in [9.17, 15) is 13.6 Å². The number of carbonyl (C=O) groups is 1. The van der Waals surface area contributed by atoms with Gasteiger partial charge in [-0.2, -0.15) is 0 Å². The molecule has 3 rings (SSSR count). The van der Waals surface area contributed by atoms with E-state index in [2.05, 4.69) is 20.2 Å². The van der Waals surface area contributed by atoms with Gasteiger partial charge in [0.2, 0.25) is 0 Å². The first-order valence-electron chi connectivity index (χ1n) is 7.47. The Labute approximate surface area is 132 Å². The summed E-state index contributed by atoms with van der Waals surface area (Å²) in [7, 11) is 0. The van der Waals surface area contributed by atoms with E-state index in [1.807, 2.05) is 0 Å². The minimum absolute atomic E-state index is 0.173. The third-order valence-corrected chi connectivity index (χ3v) is 3.74. The third kappa shape index (κ3) is 3.61. The number of nitrogens with one attached hydrogen (secondary N) is 1. The fourth-order valence-corrected chi connectivity index (χ4v) is 2.54. The van der Waals surface area contributed by atoms with Crippen LogP contribution in [-0.2, 0) is 0 Å². The number of benzene rings is 1. The van der Waals surface area contributed by atoms with Crippen molar-refractivity contribution in [3.63, 3.8) is 0 Å². The quantitative estimate of drug-likeness (QED) is 0.945. The largest absolute Gasteiger partial charge is 0.357 e. The van der Waals surface area contributed by atoms with Gasteiger partial charge in [-0.25, -0.2) is 18.7 Å². The monoisotopic (exact) mass is 318 g/mol. The Hall–Kier alpha value is -2.57. The lowest BCUT2D eigenvalue weighted by Crippen LogP contribution is -2.30. The minimum Gasteiger partial charge on any atom is -0.357 e. The van der Waals surface area contributed by atoms with Gasteiger partial charge in [-0.05, 0) is 31.4 Å². The molecule has 1 aromatic carbocycles. The molecule has 0 saturated carbocycles. The van der Waals surface area contributed by atoms with E-state index < -0.39 is 17.5 Å². The van der Waals surface area contributed by atoms with Crippen molar-refractivity contribution in [1.29, 1.82) is 0 Å². The molecule has 0 aliphatic carbocycles. The molecule has 1 N–H and O–H groups in total. The number of rotatable bonds is 3. The zero-order valence-electron chi connectivity index (χ0n) is 12.4. The van der Waals surface area contributed by atoms with Crippen LogP contribution in [0.1, 0.15) is 29.8 Å².